The molecule has 0 saturated carbocycles. The monoisotopic (exact) mass is 394 g/mol. The summed E-state index contributed by atoms with van der Waals surface area (Å²) in [6.07, 6.45) is 2.63. The molecule has 2 aromatic carbocycles. The Labute approximate surface area is 170 Å². The van der Waals surface area contributed by atoms with Crippen LogP contribution in [0.15, 0.2) is 60.0 Å². The number of anilines is 1. The molecule has 1 aromatic heterocycles. The number of para-hydroxylation sites is 1. The molecule has 1 heterocycles. The molecule has 0 fully saturated rings. The van der Waals surface area contributed by atoms with E-state index in [2.05, 4.69) is 55.2 Å². The van der Waals surface area contributed by atoms with E-state index >= 15 is 0 Å². The zero-order valence-corrected chi connectivity index (χ0v) is 17.6. The van der Waals surface area contributed by atoms with Gasteiger partial charge < -0.3 is 4.90 Å². The van der Waals surface area contributed by atoms with Crippen molar-refractivity contribution in [1.29, 1.82) is 0 Å². The molecule has 0 spiro atoms. The summed E-state index contributed by atoms with van der Waals surface area (Å²) in [5.41, 5.74) is 4.41. The lowest BCUT2D eigenvalue weighted by atomic mass is 10.0. The van der Waals surface area contributed by atoms with Crippen molar-refractivity contribution in [3.05, 3.63) is 66.0 Å². The summed E-state index contributed by atoms with van der Waals surface area (Å²) in [6, 6.07) is 16.3. The molecule has 0 saturated heterocycles. The lowest BCUT2D eigenvalue weighted by Crippen LogP contribution is -2.28. The van der Waals surface area contributed by atoms with Crippen LogP contribution in [0.2, 0.25) is 0 Å². The molecule has 6 heteroatoms. The minimum absolute atomic E-state index is 0.0317. The first-order chi connectivity index (χ1) is 13.5. The molecular formula is C22H26N4OS. The van der Waals surface area contributed by atoms with Gasteiger partial charge in [0.05, 0.1) is 11.4 Å². The van der Waals surface area contributed by atoms with Crippen molar-refractivity contribution < 1.29 is 4.79 Å². The van der Waals surface area contributed by atoms with E-state index in [0.717, 1.165) is 23.0 Å². The summed E-state index contributed by atoms with van der Waals surface area (Å²) in [4.78, 5) is 14.4. The first-order valence-corrected chi connectivity index (χ1v) is 10.5. The zero-order chi connectivity index (χ0) is 20.1. The fraction of sp³-hybridized carbons (Fsp3) is 0.318. The van der Waals surface area contributed by atoms with Crippen molar-refractivity contribution in [2.24, 2.45) is 0 Å². The molecule has 5 nitrogen and oxygen atoms in total. The summed E-state index contributed by atoms with van der Waals surface area (Å²) in [5, 5.41) is 8.99. The van der Waals surface area contributed by atoms with Gasteiger partial charge in [0, 0.05) is 12.7 Å². The Hall–Kier alpha value is -2.60. The van der Waals surface area contributed by atoms with Crippen molar-refractivity contribution in [1.82, 2.24) is 14.8 Å². The van der Waals surface area contributed by atoms with Crippen molar-refractivity contribution in [3.8, 4) is 5.69 Å². The molecule has 146 valence electrons. The lowest BCUT2D eigenvalue weighted by molar-refractivity contribution is -0.115. The molecule has 0 atom stereocenters. The molecule has 0 radical (unpaired) electrons. The first-order valence-electron chi connectivity index (χ1n) is 9.48. The Balaban J connectivity index is 1.72. The summed E-state index contributed by atoms with van der Waals surface area (Å²) in [7, 11) is 1.82. The number of aromatic nitrogens is 3. The predicted octanol–water partition coefficient (Wildman–Crippen LogP) is 4.71. The third kappa shape index (κ3) is 4.44. The van der Waals surface area contributed by atoms with Gasteiger partial charge in [0.2, 0.25) is 5.91 Å². The maximum atomic E-state index is 12.7. The Kier molecular flexibility index (Phi) is 6.52. The van der Waals surface area contributed by atoms with Crippen molar-refractivity contribution >= 4 is 23.4 Å². The number of hydrogen-bond donors (Lipinski definition) is 0. The lowest BCUT2D eigenvalue weighted by Gasteiger charge is -2.19. The first kappa shape index (κ1) is 20.1. The Morgan fingerprint density at radius 1 is 1.18 bits per heavy atom. The van der Waals surface area contributed by atoms with E-state index < -0.39 is 0 Å². The van der Waals surface area contributed by atoms with Crippen LogP contribution in [0.4, 0.5) is 5.69 Å². The van der Waals surface area contributed by atoms with Gasteiger partial charge in [-0.3, -0.25) is 9.36 Å². The van der Waals surface area contributed by atoms with E-state index in [0.29, 0.717) is 11.7 Å². The molecule has 0 N–H and O–H groups in total. The average molecular weight is 395 g/mol. The van der Waals surface area contributed by atoms with E-state index in [1.165, 1.54) is 22.9 Å². The number of rotatable bonds is 7. The Morgan fingerprint density at radius 2 is 1.96 bits per heavy atom. The van der Waals surface area contributed by atoms with E-state index in [-0.39, 0.29) is 5.91 Å². The third-order valence-electron chi connectivity index (χ3n) is 4.77. The summed E-state index contributed by atoms with van der Waals surface area (Å²) in [6.45, 7) is 6.43. The van der Waals surface area contributed by atoms with Crippen LogP contribution >= 0.6 is 11.8 Å². The molecule has 3 rings (SSSR count). The van der Waals surface area contributed by atoms with Crippen molar-refractivity contribution in [2.75, 3.05) is 17.7 Å². The van der Waals surface area contributed by atoms with Crippen LogP contribution in [-0.4, -0.2) is 33.5 Å². The van der Waals surface area contributed by atoms with Crippen LogP contribution in [-0.2, 0) is 11.2 Å². The smallest absolute Gasteiger partial charge is 0.237 e. The maximum Gasteiger partial charge on any atom is 0.237 e. The minimum Gasteiger partial charge on any atom is -0.315 e. The van der Waals surface area contributed by atoms with Crippen molar-refractivity contribution in [3.63, 3.8) is 0 Å². The molecule has 28 heavy (non-hydrogen) atoms. The predicted molar refractivity (Wildman–Crippen MR) is 115 cm³/mol. The number of thioether (sulfide) groups is 1. The van der Waals surface area contributed by atoms with E-state index in [4.69, 9.17) is 0 Å². The van der Waals surface area contributed by atoms with E-state index in [1.807, 2.05) is 35.9 Å². The number of carbonyl (C=O) groups is 1. The van der Waals surface area contributed by atoms with Crippen LogP contribution in [0, 0.1) is 0 Å². The number of hydrogen-bond acceptors (Lipinski definition) is 4. The summed E-state index contributed by atoms with van der Waals surface area (Å²) >= 11 is 1.41. The van der Waals surface area contributed by atoms with Crippen LogP contribution in [0.5, 0.6) is 0 Å². The van der Waals surface area contributed by atoms with Gasteiger partial charge in [-0.25, -0.2) is 0 Å². The largest absolute Gasteiger partial charge is 0.315 e. The molecule has 0 bridgehead atoms. The van der Waals surface area contributed by atoms with Gasteiger partial charge in [0.25, 0.3) is 0 Å². The van der Waals surface area contributed by atoms with E-state index in [1.54, 1.807) is 11.2 Å². The number of carbonyl (C=O) groups excluding carboxylic acids is 1. The number of benzene rings is 2. The second-order valence-electron chi connectivity index (χ2n) is 6.96. The minimum atomic E-state index is 0.0317. The van der Waals surface area contributed by atoms with Gasteiger partial charge in [0.15, 0.2) is 5.16 Å². The Morgan fingerprint density at radius 3 is 2.71 bits per heavy atom. The second kappa shape index (κ2) is 9.06. The standard InChI is InChI=1S/C22H26N4OS/c1-5-17-9-6-7-12-20(17)26-15-23-24-22(26)28-14-21(27)25(4)19-11-8-10-18(13-19)16(2)3/h6-13,15-16H,5,14H2,1-4H3. The quantitative estimate of drug-likeness (QED) is 0.545. The van der Waals surface area contributed by atoms with Gasteiger partial charge in [-0.2, -0.15) is 0 Å². The highest BCUT2D eigenvalue weighted by Gasteiger charge is 2.16. The average Bonchev–Trinajstić information content (AvgIpc) is 3.19. The summed E-state index contributed by atoms with van der Waals surface area (Å²) in [5.74, 6) is 0.759. The molecule has 0 aliphatic carbocycles. The fourth-order valence-corrected chi connectivity index (χ4v) is 3.83. The van der Waals surface area contributed by atoms with Crippen molar-refractivity contribution in [2.45, 2.75) is 38.3 Å². The molecule has 0 unspecified atom stereocenters. The highest BCUT2D eigenvalue weighted by atomic mass is 32.2. The van der Waals surface area contributed by atoms with Crippen LogP contribution in [0.1, 0.15) is 37.8 Å². The van der Waals surface area contributed by atoms with E-state index in [9.17, 15) is 4.79 Å². The Bertz CT molecular complexity index is 951. The topological polar surface area (TPSA) is 51.0 Å². The SMILES string of the molecule is CCc1ccccc1-n1cnnc1SCC(=O)N(C)c1cccc(C(C)C)c1. The number of nitrogens with zero attached hydrogens (tertiary/aromatic N) is 4. The normalized spacial score (nSPS) is 11.0. The molecule has 1 amide bonds. The van der Waals surface area contributed by atoms with Gasteiger partial charge >= 0.3 is 0 Å². The molecule has 3 aromatic rings. The highest BCUT2D eigenvalue weighted by Crippen LogP contribution is 2.25. The van der Waals surface area contributed by atoms with Gasteiger partial charge in [-0.1, -0.05) is 62.9 Å². The number of aryl methyl sites for hydroxylation is 1. The van der Waals surface area contributed by atoms with Gasteiger partial charge in [-0.15, -0.1) is 10.2 Å². The number of amides is 1. The van der Waals surface area contributed by atoms with Gasteiger partial charge in [-0.05, 0) is 41.7 Å². The zero-order valence-electron chi connectivity index (χ0n) is 16.8. The second-order valence-corrected chi connectivity index (χ2v) is 7.90. The van der Waals surface area contributed by atoms with Crippen LogP contribution in [0.25, 0.3) is 5.69 Å². The summed E-state index contributed by atoms with van der Waals surface area (Å²) < 4.78 is 1.95. The molecular weight excluding hydrogens is 368 g/mol. The van der Waals surface area contributed by atoms with Crippen LogP contribution < -0.4 is 4.90 Å². The third-order valence-corrected chi connectivity index (χ3v) is 5.70. The van der Waals surface area contributed by atoms with Gasteiger partial charge in [0.1, 0.15) is 6.33 Å². The van der Waals surface area contributed by atoms with Crippen LogP contribution in [0.3, 0.4) is 0 Å². The maximum absolute atomic E-state index is 12.7. The highest BCUT2D eigenvalue weighted by molar-refractivity contribution is 7.99. The fourth-order valence-electron chi connectivity index (χ4n) is 2.99. The molecule has 0 aliphatic heterocycles. The molecule has 0 aliphatic rings.